The summed E-state index contributed by atoms with van der Waals surface area (Å²) in [6.07, 6.45) is 8.78. The number of dihydropyridines is 1. The van der Waals surface area contributed by atoms with Gasteiger partial charge in [-0.2, -0.15) is 0 Å². The number of allylic oxidation sites excluding steroid dienone is 2. The summed E-state index contributed by atoms with van der Waals surface area (Å²) in [6, 6.07) is 34.8. The minimum Gasteiger partial charge on any atom is -0.455 e. The van der Waals surface area contributed by atoms with Crippen LogP contribution < -0.4 is 5.32 Å². The van der Waals surface area contributed by atoms with Crippen LogP contribution in [0.3, 0.4) is 0 Å². The number of para-hydroxylation sites is 1. The molecule has 3 nitrogen and oxygen atoms in total. The van der Waals surface area contributed by atoms with Gasteiger partial charge >= 0.3 is 0 Å². The first kappa shape index (κ1) is 21.3. The number of nitrogens with zero attached hydrogens (tertiary/aromatic N) is 1. The van der Waals surface area contributed by atoms with Crippen molar-refractivity contribution >= 4 is 27.5 Å². The molecule has 2 aliphatic heterocycles. The molecule has 0 bridgehead atoms. The molecule has 0 radical (unpaired) electrons. The molecule has 38 heavy (non-hydrogen) atoms. The Hall–Kier alpha value is -4.76. The van der Waals surface area contributed by atoms with Crippen LogP contribution >= 0.6 is 0 Å². The maximum Gasteiger partial charge on any atom is 0.141 e. The molecule has 1 unspecified atom stereocenters. The Labute approximate surface area is 221 Å². The number of aryl methyl sites for hydroxylation is 1. The second kappa shape index (κ2) is 8.12. The summed E-state index contributed by atoms with van der Waals surface area (Å²) in [4.78, 5) is 0. The number of benzene rings is 4. The molecule has 0 saturated heterocycles. The molecule has 0 fully saturated rings. The Morgan fingerprint density at radius 1 is 0.737 bits per heavy atom. The van der Waals surface area contributed by atoms with Crippen molar-refractivity contribution in [2.24, 2.45) is 0 Å². The van der Waals surface area contributed by atoms with E-state index in [1.54, 1.807) is 0 Å². The zero-order valence-electron chi connectivity index (χ0n) is 21.1. The predicted molar refractivity (Wildman–Crippen MR) is 155 cm³/mol. The highest BCUT2D eigenvalue weighted by molar-refractivity contribution is 6.07. The minimum atomic E-state index is -0.0402. The summed E-state index contributed by atoms with van der Waals surface area (Å²) in [5.41, 5.74) is 11.8. The monoisotopic (exact) mass is 490 g/mol. The Morgan fingerprint density at radius 2 is 1.58 bits per heavy atom. The molecular formula is C35H26N2O. The van der Waals surface area contributed by atoms with Gasteiger partial charge in [-0.1, -0.05) is 84.9 Å². The Bertz CT molecular complexity index is 1920. The van der Waals surface area contributed by atoms with Gasteiger partial charge < -0.3 is 14.3 Å². The minimum absolute atomic E-state index is 0.0402. The second-order valence-corrected chi connectivity index (χ2v) is 10.3. The van der Waals surface area contributed by atoms with Crippen molar-refractivity contribution in [3.05, 3.63) is 149 Å². The lowest BCUT2D eigenvalue weighted by Crippen LogP contribution is -2.20. The van der Waals surface area contributed by atoms with Gasteiger partial charge in [0.25, 0.3) is 0 Å². The number of furan rings is 1. The van der Waals surface area contributed by atoms with Gasteiger partial charge in [-0.25, -0.2) is 0 Å². The van der Waals surface area contributed by atoms with Crippen molar-refractivity contribution in [2.45, 2.75) is 19.0 Å². The van der Waals surface area contributed by atoms with Gasteiger partial charge in [0.15, 0.2) is 0 Å². The van der Waals surface area contributed by atoms with Gasteiger partial charge in [-0.15, -0.1) is 0 Å². The van der Waals surface area contributed by atoms with Crippen molar-refractivity contribution in [1.82, 2.24) is 9.88 Å². The van der Waals surface area contributed by atoms with Crippen LogP contribution in [0.4, 0.5) is 0 Å². The molecule has 182 valence electrons. The number of nitrogens with one attached hydrogen (secondary N) is 1. The van der Waals surface area contributed by atoms with Gasteiger partial charge in [-0.3, -0.25) is 0 Å². The van der Waals surface area contributed by atoms with Crippen molar-refractivity contribution in [2.75, 3.05) is 0 Å². The smallest absolute Gasteiger partial charge is 0.141 e. The Balaban J connectivity index is 1.42. The lowest BCUT2D eigenvalue weighted by molar-refractivity contribution is 0.632. The van der Waals surface area contributed by atoms with E-state index in [-0.39, 0.29) is 12.1 Å². The SMILES string of the molecule is Cc1cccc2c1oc1c(C3C=C(c4ccccc4)C=CN3)c([C@H]3c4ccccc4-c4cccn43)ccc12. The molecular weight excluding hydrogens is 464 g/mol. The quantitative estimate of drug-likeness (QED) is 0.269. The van der Waals surface area contributed by atoms with E-state index < -0.39 is 0 Å². The summed E-state index contributed by atoms with van der Waals surface area (Å²) < 4.78 is 9.17. The predicted octanol–water partition coefficient (Wildman–Crippen LogP) is 8.56. The largest absolute Gasteiger partial charge is 0.455 e. The van der Waals surface area contributed by atoms with Gasteiger partial charge in [0.2, 0.25) is 0 Å². The third-order valence-corrected chi connectivity index (χ3v) is 8.12. The van der Waals surface area contributed by atoms with Crippen molar-refractivity contribution in [3.63, 3.8) is 0 Å². The fourth-order valence-corrected chi connectivity index (χ4v) is 6.40. The number of aromatic nitrogens is 1. The summed E-state index contributed by atoms with van der Waals surface area (Å²) >= 11 is 0. The number of hydrogen-bond donors (Lipinski definition) is 1. The molecule has 3 heteroatoms. The molecule has 4 heterocycles. The van der Waals surface area contributed by atoms with Crippen LogP contribution in [0.5, 0.6) is 0 Å². The van der Waals surface area contributed by atoms with E-state index in [1.165, 1.54) is 44.5 Å². The van der Waals surface area contributed by atoms with Crippen LogP contribution in [-0.4, -0.2) is 4.57 Å². The third kappa shape index (κ3) is 3.02. The molecule has 0 saturated carbocycles. The molecule has 0 amide bonds. The normalized spacial score (nSPS) is 17.9. The lowest BCUT2D eigenvalue weighted by atomic mass is 9.87. The third-order valence-electron chi connectivity index (χ3n) is 8.12. The van der Waals surface area contributed by atoms with Gasteiger partial charge in [-0.05, 0) is 65.2 Å². The van der Waals surface area contributed by atoms with Gasteiger partial charge in [0.05, 0.1) is 12.1 Å². The average molecular weight is 491 g/mol. The molecule has 2 atom stereocenters. The Morgan fingerprint density at radius 3 is 2.50 bits per heavy atom. The zero-order valence-corrected chi connectivity index (χ0v) is 21.1. The van der Waals surface area contributed by atoms with E-state index in [9.17, 15) is 0 Å². The van der Waals surface area contributed by atoms with E-state index in [0.717, 1.165) is 22.1 Å². The van der Waals surface area contributed by atoms with Crippen molar-refractivity contribution < 1.29 is 4.42 Å². The maximum atomic E-state index is 6.76. The van der Waals surface area contributed by atoms with Crippen LogP contribution in [-0.2, 0) is 0 Å². The van der Waals surface area contributed by atoms with Crippen molar-refractivity contribution in [3.8, 4) is 11.3 Å². The van der Waals surface area contributed by atoms with Gasteiger partial charge in [0, 0.05) is 33.8 Å². The highest BCUT2D eigenvalue weighted by Gasteiger charge is 2.33. The van der Waals surface area contributed by atoms with E-state index in [2.05, 4.69) is 138 Å². The molecule has 8 rings (SSSR count). The topological polar surface area (TPSA) is 30.1 Å². The van der Waals surface area contributed by atoms with E-state index in [1.807, 2.05) is 0 Å². The van der Waals surface area contributed by atoms with Crippen LogP contribution in [0, 0.1) is 6.92 Å². The van der Waals surface area contributed by atoms with Crippen LogP contribution in [0.25, 0.3) is 38.8 Å². The molecule has 2 aliphatic rings. The number of fused-ring (bicyclic) bond motifs is 6. The maximum absolute atomic E-state index is 6.76. The van der Waals surface area contributed by atoms with Crippen LogP contribution in [0.1, 0.15) is 39.9 Å². The number of hydrogen-bond acceptors (Lipinski definition) is 2. The lowest BCUT2D eigenvalue weighted by Gasteiger charge is -2.26. The second-order valence-electron chi connectivity index (χ2n) is 10.3. The molecule has 6 aromatic rings. The highest BCUT2D eigenvalue weighted by Crippen LogP contribution is 2.48. The summed E-state index contributed by atoms with van der Waals surface area (Å²) in [5.74, 6) is 0. The highest BCUT2D eigenvalue weighted by atomic mass is 16.3. The Kier molecular flexibility index (Phi) is 4.56. The zero-order chi connectivity index (χ0) is 25.2. The van der Waals surface area contributed by atoms with E-state index in [4.69, 9.17) is 4.42 Å². The van der Waals surface area contributed by atoms with E-state index >= 15 is 0 Å². The first-order valence-corrected chi connectivity index (χ1v) is 13.2. The first-order valence-electron chi connectivity index (χ1n) is 13.2. The number of rotatable bonds is 3. The standard InChI is InChI=1S/C35H26N2O/c1-22-9-7-14-27-28-16-17-29(33-26-13-6-5-12-25(26)31-15-8-20-37(31)33)32(35(28)38-34(22)27)30-21-24(18-19-36-30)23-10-3-2-4-11-23/h2-21,30,33,36H,1H3/t30?,33-/m1/s1. The molecule has 0 spiro atoms. The van der Waals surface area contributed by atoms with Crippen LogP contribution in [0.15, 0.2) is 126 Å². The molecule has 1 N–H and O–H groups in total. The fraction of sp³-hybridized carbons (Fsp3) is 0.0857. The molecule has 4 aromatic carbocycles. The first-order chi connectivity index (χ1) is 18.8. The van der Waals surface area contributed by atoms with Gasteiger partial charge in [0.1, 0.15) is 11.2 Å². The average Bonchev–Trinajstić information content (AvgIpc) is 3.67. The van der Waals surface area contributed by atoms with Crippen molar-refractivity contribution in [1.29, 1.82) is 0 Å². The summed E-state index contributed by atoms with van der Waals surface area (Å²) in [5, 5.41) is 5.99. The molecule has 2 aromatic heterocycles. The summed E-state index contributed by atoms with van der Waals surface area (Å²) in [7, 11) is 0. The molecule has 0 aliphatic carbocycles. The summed E-state index contributed by atoms with van der Waals surface area (Å²) in [6.45, 7) is 2.12. The van der Waals surface area contributed by atoms with E-state index in [0.29, 0.717) is 0 Å². The van der Waals surface area contributed by atoms with Crippen LogP contribution in [0.2, 0.25) is 0 Å². The fourth-order valence-electron chi connectivity index (χ4n) is 6.40.